The zero-order chi connectivity index (χ0) is 22.4. The average molecular weight is 519 g/mol. The van der Waals surface area contributed by atoms with Crippen LogP contribution in [0.5, 0.6) is 0 Å². The number of halogens is 3. The zero-order valence-corrected chi connectivity index (χ0v) is 19.4. The van der Waals surface area contributed by atoms with Crippen LogP contribution in [-0.2, 0) is 22.4 Å². The fraction of sp³-hybridized carbons (Fsp3) is 0.250. The Bertz CT molecular complexity index is 968. The molecular formula is C20H22BrF2N2O3PS. The van der Waals surface area contributed by atoms with Crippen molar-refractivity contribution in [2.24, 2.45) is 5.73 Å². The summed E-state index contributed by atoms with van der Waals surface area (Å²) in [6.07, 6.45) is 9.46. The molecule has 4 N–H and O–H groups in total. The molecule has 0 aliphatic carbocycles. The van der Waals surface area contributed by atoms with Gasteiger partial charge in [-0.2, -0.15) is 8.78 Å². The lowest BCUT2D eigenvalue weighted by molar-refractivity contribution is 0.0557. The fourth-order valence-electron chi connectivity index (χ4n) is 2.75. The standard InChI is InChI=1S/C20H22BrF2N2O3PS/c1-2-16(5-8-24)19(12-14-6-9-25-10-7-14)30-13-15-3-4-17(18(21)11-15)20(22,23)29(26,27)28/h2-11,19H,12-13,24H2,1H3,(H2,26,27,28)/b8-5-,16-2+. The van der Waals surface area contributed by atoms with Gasteiger partial charge in [-0.25, -0.2) is 0 Å². The van der Waals surface area contributed by atoms with Gasteiger partial charge in [-0.1, -0.05) is 34.1 Å². The summed E-state index contributed by atoms with van der Waals surface area (Å²) in [6, 6.07) is 7.83. The highest BCUT2D eigenvalue weighted by atomic mass is 79.9. The quantitative estimate of drug-likeness (QED) is 0.306. The van der Waals surface area contributed by atoms with Crippen molar-refractivity contribution >= 4 is 35.3 Å². The van der Waals surface area contributed by atoms with Crippen molar-refractivity contribution in [1.82, 2.24) is 4.98 Å². The highest BCUT2D eigenvalue weighted by molar-refractivity contribution is 9.10. The predicted molar refractivity (Wildman–Crippen MR) is 120 cm³/mol. The molecule has 1 aromatic carbocycles. The summed E-state index contributed by atoms with van der Waals surface area (Å²) in [6.45, 7) is 1.92. The lowest BCUT2D eigenvalue weighted by Gasteiger charge is -2.21. The topological polar surface area (TPSA) is 96.4 Å². The maximum absolute atomic E-state index is 14.0. The molecule has 1 heterocycles. The summed E-state index contributed by atoms with van der Waals surface area (Å²) in [4.78, 5) is 21.9. The summed E-state index contributed by atoms with van der Waals surface area (Å²) in [5, 5.41) is 0.0622. The number of thioether (sulfide) groups is 1. The van der Waals surface area contributed by atoms with Gasteiger partial charge in [-0.3, -0.25) is 9.55 Å². The van der Waals surface area contributed by atoms with E-state index >= 15 is 0 Å². The van der Waals surface area contributed by atoms with E-state index in [1.807, 2.05) is 31.2 Å². The van der Waals surface area contributed by atoms with E-state index in [0.717, 1.165) is 29.2 Å². The maximum atomic E-state index is 14.0. The van der Waals surface area contributed by atoms with E-state index in [0.29, 0.717) is 5.75 Å². The Labute approximate surface area is 186 Å². The van der Waals surface area contributed by atoms with Crippen LogP contribution in [0.15, 0.2) is 71.1 Å². The molecule has 1 unspecified atom stereocenters. The van der Waals surface area contributed by atoms with Crippen molar-refractivity contribution in [3.63, 3.8) is 0 Å². The third-order valence-electron chi connectivity index (χ3n) is 4.34. The molecule has 0 aliphatic heterocycles. The van der Waals surface area contributed by atoms with Crippen LogP contribution in [0.2, 0.25) is 0 Å². The summed E-state index contributed by atoms with van der Waals surface area (Å²) in [5.41, 5.74) is 3.45. The van der Waals surface area contributed by atoms with Crippen molar-refractivity contribution in [2.45, 2.75) is 30.0 Å². The molecule has 0 saturated carbocycles. The molecule has 0 radical (unpaired) electrons. The van der Waals surface area contributed by atoms with E-state index in [1.54, 1.807) is 24.2 Å². The van der Waals surface area contributed by atoms with Crippen LogP contribution in [-0.4, -0.2) is 20.0 Å². The number of nitrogens with two attached hydrogens (primary N) is 1. The summed E-state index contributed by atoms with van der Waals surface area (Å²) in [7, 11) is -5.63. The Morgan fingerprint density at radius 2 is 1.97 bits per heavy atom. The van der Waals surface area contributed by atoms with Gasteiger partial charge in [0.1, 0.15) is 0 Å². The molecule has 30 heavy (non-hydrogen) atoms. The Kier molecular flexibility index (Phi) is 8.82. The predicted octanol–water partition coefficient (Wildman–Crippen LogP) is 5.33. The number of rotatable bonds is 9. The number of allylic oxidation sites excluding steroid dienone is 2. The number of nitrogens with zero attached hydrogens (tertiary/aromatic N) is 1. The van der Waals surface area contributed by atoms with Crippen LogP contribution in [0.25, 0.3) is 0 Å². The monoisotopic (exact) mass is 518 g/mol. The van der Waals surface area contributed by atoms with E-state index < -0.39 is 18.8 Å². The number of hydrogen-bond donors (Lipinski definition) is 3. The molecule has 1 aromatic heterocycles. The average Bonchev–Trinajstić information content (AvgIpc) is 2.69. The second-order valence-corrected chi connectivity index (χ2v) is 10.1. The number of aromatic nitrogens is 1. The highest BCUT2D eigenvalue weighted by Gasteiger charge is 2.51. The Morgan fingerprint density at radius 1 is 1.30 bits per heavy atom. The van der Waals surface area contributed by atoms with Crippen LogP contribution in [0.4, 0.5) is 8.78 Å². The smallest absolute Gasteiger partial charge is 0.399 e. The minimum Gasteiger partial charge on any atom is -0.405 e. The molecule has 162 valence electrons. The summed E-state index contributed by atoms with van der Waals surface area (Å²) in [5.74, 6) is 0.506. The Hall–Kier alpha value is -1.51. The first kappa shape index (κ1) is 24.8. The Morgan fingerprint density at radius 3 is 2.50 bits per heavy atom. The van der Waals surface area contributed by atoms with Gasteiger partial charge in [0, 0.05) is 33.4 Å². The Balaban J connectivity index is 2.22. The molecule has 0 fully saturated rings. The van der Waals surface area contributed by atoms with Crippen molar-refractivity contribution in [1.29, 1.82) is 0 Å². The number of alkyl halides is 2. The van der Waals surface area contributed by atoms with Gasteiger partial charge in [-0.15, -0.1) is 11.8 Å². The van der Waals surface area contributed by atoms with Crippen LogP contribution in [0.3, 0.4) is 0 Å². The van der Waals surface area contributed by atoms with E-state index in [-0.39, 0.29) is 9.72 Å². The molecule has 0 amide bonds. The fourth-order valence-corrected chi connectivity index (χ4v) is 5.38. The molecule has 0 aliphatic rings. The number of hydrogen-bond acceptors (Lipinski definition) is 4. The molecule has 0 bridgehead atoms. The highest BCUT2D eigenvalue weighted by Crippen LogP contribution is 2.60. The van der Waals surface area contributed by atoms with Crippen LogP contribution in [0, 0.1) is 0 Å². The van der Waals surface area contributed by atoms with E-state index in [4.69, 9.17) is 15.5 Å². The van der Waals surface area contributed by atoms with Crippen molar-refractivity contribution in [3.8, 4) is 0 Å². The first-order chi connectivity index (χ1) is 14.1. The molecular weight excluding hydrogens is 497 g/mol. The van der Waals surface area contributed by atoms with Crippen molar-refractivity contribution < 1.29 is 23.1 Å². The number of benzene rings is 1. The van der Waals surface area contributed by atoms with Crippen LogP contribution in [0.1, 0.15) is 23.6 Å². The molecule has 0 spiro atoms. The van der Waals surface area contributed by atoms with Crippen LogP contribution >= 0.6 is 35.3 Å². The van der Waals surface area contributed by atoms with E-state index in [9.17, 15) is 13.3 Å². The van der Waals surface area contributed by atoms with E-state index in [2.05, 4.69) is 20.9 Å². The SMILES string of the molecule is C/C=C(\C=C/N)C(Cc1ccncc1)SCc1ccc(C(F)(F)P(=O)(O)O)c(Br)c1. The lowest BCUT2D eigenvalue weighted by Crippen LogP contribution is -2.14. The zero-order valence-electron chi connectivity index (χ0n) is 16.1. The maximum Gasteiger partial charge on any atom is 0.399 e. The normalized spacial score (nSPS) is 14.3. The van der Waals surface area contributed by atoms with Gasteiger partial charge in [0.05, 0.1) is 0 Å². The summed E-state index contributed by atoms with van der Waals surface area (Å²) >= 11 is 4.64. The number of pyridine rings is 1. The molecule has 1 atom stereocenters. The molecule has 5 nitrogen and oxygen atoms in total. The van der Waals surface area contributed by atoms with Gasteiger partial charge >= 0.3 is 13.3 Å². The summed E-state index contributed by atoms with van der Waals surface area (Å²) < 4.78 is 39.1. The molecule has 10 heteroatoms. The largest absolute Gasteiger partial charge is 0.405 e. The van der Waals surface area contributed by atoms with Gasteiger partial charge in [0.25, 0.3) is 0 Å². The minimum atomic E-state index is -5.63. The lowest BCUT2D eigenvalue weighted by atomic mass is 10.0. The molecule has 0 saturated heterocycles. The second kappa shape index (κ2) is 10.7. The molecule has 2 aromatic rings. The van der Waals surface area contributed by atoms with Gasteiger partial charge in [-0.05, 0) is 60.5 Å². The van der Waals surface area contributed by atoms with E-state index in [1.165, 1.54) is 18.3 Å². The first-order valence-electron chi connectivity index (χ1n) is 8.87. The van der Waals surface area contributed by atoms with Gasteiger partial charge < -0.3 is 15.5 Å². The second-order valence-electron chi connectivity index (χ2n) is 6.41. The molecule has 2 rings (SSSR count). The minimum absolute atomic E-state index is 0.0484. The van der Waals surface area contributed by atoms with Crippen LogP contribution < -0.4 is 5.73 Å². The third-order valence-corrected chi connectivity index (χ3v) is 7.31. The first-order valence-corrected chi connectivity index (χ1v) is 12.3. The van der Waals surface area contributed by atoms with Crippen molar-refractivity contribution in [2.75, 3.05) is 0 Å². The van der Waals surface area contributed by atoms with Crippen molar-refractivity contribution in [3.05, 3.63) is 87.8 Å². The van der Waals surface area contributed by atoms with Gasteiger partial charge in [0.2, 0.25) is 0 Å². The third kappa shape index (κ3) is 6.25. The van der Waals surface area contributed by atoms with Gasteiger partial charge in [0.15, 0.2) is 0 Å².